The van der Waals surface area contributed by atoms with Crippen molar-refractivity contribution in [2.45, 2.75) is 0 Å². The third-order valence-corrected chi connectivity index (χ3v) is 3.46. The van der Waals surface area contributed by atoms with Gasteiger partial charge in [0, 0.05) is 16.2 Å². The molecule has 0 aliphatic rings. The molecule has 0 saturated heterocycles. The van der Waals surface area contributed by atoms with Crippen LogP contribution in [0.4, 0.5) is 11.4 Å². The number of carbonyl (C=O) groups is 1. The first-order valence-electron chi connectivity index (χ1n) is 6.08. The van der Waals surface area contributed by atoms with E-state index >= 15 is 0 Å². The molecule has 0 atom stereocenters. The van der Waals surface area contributed by atoms with E-state index in [0.717, 1.165) is 4.47 Å². The number of hydrogen-bond donors (Lipinski definition) is 1. The Bertz CT molecular complexity index is 706. The second kappa shape index (κ2) is 7.24. The molecule has 0 bridgehead atoms. The quantitative estimate of drug-likeness (QED) is 0.622. The number of carbonyl (C=O) groups excluding carboxylic acids is 1. The van der Waals surface area contributed by atoms with Crippen LogP contribution in [-0.4, -0.2) is 17.4 Å². The highest BCUT2D eigenvalue weighted by Crippen LogP contribution is 2.27. The summed E-state index contributed by atoms with van der Waals surface area (Å²) in [6.45, 7) is -0.210. The molecule has 1 N–H and O–H groups in total. The summed E-state index contributed by atoms with van der Waals surface area (Å²) < 4.78 is 6.20. The zero-order chi connectivity index (χ0) is 16.1. The lowest BCUT2D eigenvalue weighted by Crippen LogP contribution is -2.20. The molecule has 22 heavy (non-hydrogen) atoms. The van der Waals surface area contributed by atoms with E-state index in [9.17, 15) is 14.9 Å². The SMILES string of the molecule is O=C(COc1ccc(Br)cc1)Nc1ccc(Cl)c([N+](=O)[O-])c1. The van der Waals surface area contributed by atoms with Gasteiger partial charge in [-0.2, -0.15) is 0 Å². The molecule has 8 heteroatoms. The predicted molar refractivity (Wildman–Crippen MR) is 86.4 cm³/mol. The number of rotatable bonds is 5. The minimum absolute atomic E-state index is 0.00844. The van der Waals surface area contributed by atoms with E-state index in [4.69, 9.17) is 16.3 Å². The van der Waals surface area contributed by atoms with E-state index in [0.29, 0.717) is 5.75 Å². The van der Waals surface area contributed by atoms with Crippen LogP contribution in [0.5, 0.6) is 5.75 Å². The number of anilines is 1. The van der Waals surface area contributed by atoms with Gasteiger partial charge in [0.1, 0.15) is 10.8 Å². The average molecular weight is 386 g/mol. The third kappa shape index (κ3) is 4.44. The highest BCUT2D eigenvalue weighted by atomic mass is 79.9. The van der Waals surface area contributed by atoms with Crippen molar-refractivity contribution in [1.29, 1.82) is 0 Å². The van der Waals surface area contributed by atoms with E-state index < -0.39 is 10.8 Å². The zero-order valence-corrected chi connectivity index (χ0v) is 13.4. The summed E-state index contributed by atoms with van der Waals surface area (Å²) >= 11 is 8.99. The Morgan fingerprint density at radius 2 is 1.95 bits per heavy atom. The minimum atomic E-state index is -0.615. The van der Waals surface area contributed by atoms with Gasteiger partial charge in [0.05, 0.1) is 4.92 Å². The standard InChI is InChI=1S/C14H10BrClN2O4/c15-9-1-4-11(5-2-9)22-8-14(19)17-10-3-6-12(16)13(7-10)18(20)21/h1-7H,8H2,(H,17,19). The molecule has 6 nitrogen and oxygen atoms in total. The fourth-order valence-electron chi connectivity index (χ4n) is 1.61. The molecule has 2 rings (SSSR count). The summed E-state index contributed by atoms with van der Waals surface area (Å²) in [5.74, 6) is 0.111. The molecular weight excluding hydrogens is 376 g/mol. The van der Waals surface area contributed by atoms with Crippen molar-refractivity contribution >= 4 is 44.8 Å². The van der Waals surface area contributed by atoms with Gasteiger partial charge in [-0.1, -0.05) is 27.5 Å². The van der Waals surface area contributed by atoms with Crippen LogP contribution in [0.3, 0.4) is 0 Å². The normalized spacial score (nSPS) is 10.1. The number of halogens is 2. The second-order valence-electron chi connectivity index (χ2n) is 4.21. The Morgan fingerprint density at radius 1 is 1.27 bits per heavy atom. The fourth-order valence-corrected chi connectivity index (χ4v) is 2.06. The predicted octanol–water partition coefficient (Wildman–Crippen LogP) is 4.03. The van der Waals surface area contributed by atoms with Gasteiger partial charge in [0.25, 0.3) is 11.6 Å². The first-order chi connectivity index (χ1) is 10.5. The maximum atomic E-state index is 11.8. The lowest BCUT2D eigenvalue weighted by atomic mass is 10.3. The van der Waals surface area contributed by atoms with Crippen molar-refractivity contribution in [3.05, 3.63) is 62.1 Å². The summed E-state index contributed by atoms with van der Waals surface area (Å²) in [5, 5.41) is 13.3. The van der Waals surface area contributed by atoms with E-state index in [-0.39, 0.29) is 23.0 Å². The van der Waals surface area contributed by atoms with E-state index in [1.165, 1.54) is 18.2 Å². The van der Waals surface area contributed by atoms with Crippen LogP contribution in [0, 0.1) is 10.1 Å². The first-order valence-corrected chi connectivity index (χ1v) is 7.25. The topological polar surface area (TPSA) is 81.5 Å². The molecule has 0 radical (unpaired) electrons. The van der Waals surface area contributed by atoms with Crippen LogP contribution < -0.4 is 10.1 Å². The van der Waals surface area contributed by atoms with Gasteiger partial charge in [0.15, 0.2) is 6.61 Å². The molecule has 0 unspecified atom stereocenters. The Balaban J connectivity index is 1.96. The van der Waals surface area contributed by atoms with Crippen molar-refractivity contribution in [3.8, 4) is 5.75 Å². The zero-order valence-electron chi connectivity index (χ0n) is 11.1. The van der Waals surface area contributed by atoms with Crippen LogP contribution in [0.15, 0.2) is 46.9 Å². The minimum Gasteiger partial charge on any atom is -0.484 e. The third-order valence-electron chi connectivity index (χ3n) is 2.61. The summed E-state index contributed by atoms with van der Waals surface area (Å²) in [7, 11) is 0. The average Bonchev–Trinajstić information content (AvgIpc) is 2.48. The maximum Gasteiger partial charge on any atom is 0.289 e. The van der Waals surface area contributed by atoms with Gasteiger partial charge in [-0.3, -0.25) is 14.9 Å². The number of nitro benzene ring substituents is 1. The van der Waals surface area contributed by atoms with Gasteiger partial charge >= 0.3 is 0 Å². The van der Waals surface area contributed by atoms with Gasteiger partial charge in [0.2, 0.25) is 0 Å². The molecule has 2 aromatic carbocycles. The van der Waals surface area contributed by atoms with Crippen LogP contribution >= 0.6 is 27.5 Å². The molecule has 0 heterocycles. The van der Waals surface area contributed by atoms with Crippen molar-refractivity contribution in [2.75, 3.05) is 11.9 Å². The molecule has 0 aromatic heterocycles. The van der Waals surface area contributed by atoms with Crippen LogP contribution in [0.1, 0.15) is 0 Å². The Morgan fingerprint density at radius 3 is 2.59 bits per heavy atom. The smallest absolute Gasteiger partial charge is 0.289 e. The van der Waals surface area contributed by atoms with Crippen LogP contribution in [0.2, 0.25) is 5.02 Å². The fraction of sp³-hybridized carbons (Fsp3) is 0.0714. The van der Waals surface area contributed by atoms with Crippen molar-refractivity contribution in [1.82, 2.24) is 0 Å². The summed E-state index contributed by atoms with van der Waals surface area (Å²) in [5.41, 5.74) is 0.00815. The van der Waals surface area contributed by atoms with E-state index in [2.05, 4.69) is 21.2 Å². The molecule has 0 fully saturated rings. The molecule has 0 aliphatic carbocycles. The van der Waals surface area contributed by atoms with Crippen molar-refractivity contribution < 1.29 is 14.5 Å². The monoisotopic (exact) mass is 384 g/mol. The maximum absolute atomic E-state index is 11.8. The molecule has 0 spiro atoms. The number of nitrogens with zero attached hydrogens (tertiary/aromatic N) is 1. The molecule has 0 saturated carbocycles. The van der Waals surface area contributed by atoms with Gasteiger partial charge in [-0.05, 0) is 36.4 Å². The van der Waals surface area contributed by atoms with Gasteiger partial charge in [-0.15, -0.1) is 0 Å². The van der Waals surface area contributed by atoms with Crippen molar-refractivity contribution in [3.63, 3.8) is 0 Å². The van der Waals surface area contributed by atoms with Crippen LogP contribution in [-0.2, 0) is 4.79 Å². The van der Waals surface area contributed by atoms with Gasteiger partial charge in [-0.25, -0.2) is 0 Å². The lowest BCUT2D eigenvalue weighted by Gasteiger charge is -2.08. The van der Waals surface area contributed by atoms with Crippen LogP contribution in [0.25, 0.3) is 0 Å². The summed E-state index contributed by atoms with van der Waals surface area (Å²) in [6.07, 6.45) is 0. The molecular formula is C14H10BrClN2O4. The Hall–Kier alpha value is -2.12. The Kier molecular flexibility index (Phi) is 5.35. The first kappa shape index (κ1) is 16.3. The highest BCUT2D eigenvalue weighted by Gasteiger charge is 2.14. The molecule has 0 aliphatic heterocycles. The summed E-state index contributed by atoms with van der Waals surface area (Å²) in [4.78, 5) is 21.9. The number of hydrogen-bond acceptors (Lipinski definition) is 4. The molecule has 2 aromatic rings. The number of amides is 1. The number of nitro groups is 1. The van der Waals surface area contributed by atoms with Crippen molar-refractivity contribution in [2.24, 2.45) is 0 Å². The van der Waals surface area contributed by atoms with E-state index in [1.807, 2.05) is 0 Å². The lowest BCUT2D eigenvalue weighted by molar-refractivity contribution is -0.384. The summed E-state index contributed by atoms with van der Waals surface area (Å²) in [6, 6.07) is 11.0. The van der Waals surface area contributed by atoms with Gasteiger partial charge < -0.3 is 10.1 Å². The highest BCUT2D eigenvalue weighted by molar-refractivity contribution is 9.10. The molecule has 1 amide bonds. The number of ether oxygens (including phenoxy) is 1. The molecule has 114 valence electrons. The largest absolute Gasteiger partial charge is 0.484 e. The Labute approximate surface area is 139 Å². The number of benzene rings is 2. The van der Waals surface area contributed by atoms with E-state index in [1.54, 1.807) is 24.3 Å². The second-order valence-corrected chi connectivity index (χ2v) is 5.54. The number of nitrogens with one attached hydrogen (secondary N) is 1.